The molecule has 4 heteroatoms. The number of aliphatic hydroxyl groups excluding tert-OH is 1. The maximum Gasteiger partial charge on any atom is 0.0589 e. The van der Waals surface area contributed by atoms with E-state index in [4.69, 9.17) is 9.84 Å². The number of ether oxygens (including phenoxy) is 1. The van der Waals surface area contributed by atoms with Crippen molar-refractivity contribution in [3.63, 3.8) is 0 Å². The normalized spacial score (nSPS) is 11.3. The van der Waals surface area contributed by atoms with E-state index in [0.717, 1.165) is 31.6 Å². The molecule has 0 fully saturated rings. The third kappa shape index (κ3) is 12.8. The monoisotopic (exact) mass is 323 g/mol. The van der Waals surface area contributed by atoms with Gasteiger partial charge in [0, 0.05) is 25.5 Å². The van der Waals surface area contributed by atoms with Crippen LogP contribution in [0.2, 0.25) is 0 Å². The number of hydrogen-bond acceptors (Lipinski definition) is 3. The standard InChI is InChI=1S/C14H30BrNO2/c1-18-14-12-16(11-13-17)10-8-6-4-2-3-5-7-9-15/h17H,2-14H2,1H3. The van der Waals surface area contributed by atoms with Crippen molar-refractivity contribution in [1.29, 1.82) is 0 Å². The van der Waals surface area contributed by atoms with Gasteiger partial charge >= 0.3 is 0 Å². The van der Waals surface area contributed by atoms with Crippen LogP contribution in [0.4, 0.5) is 0 Å². The number of unbranched alkanes of at least 4 members (excludes halogenated alkanes) is 6. The Kier molecular flexibility index (Phi) is 15.7. The van der Waals surface area contributed by atoms with Crippen molar-refractivity contribution >= 4 is 15.9 Å². The first-order valence-corrected chi connectivity index (χ1v) is 8.35. The average Bonchev–Trinajstić information content (AvgIpc) is 2.39. The molecule has 0 rings (SSSR count). The van der Waals surface area contributed by atoms with Crippen molar-refractivity contribution in [2.24, 2.45) is 0 Å². The second kappa shape index (κ2) is 15.4. The van der Waals surface area contributed by atoms with E-state index < -0.39 is 0 Å². The lowest BCUT2D eigenvalue weighted by atomic mass is 10.1. The van der Waals surface area contributed by atoms with E-state index in [-0.39, 0.29) is 6.61 Å². The van der Waals surface area contributed by atoms with Gasteiger partial charge in [-0.25, -0.2) is 0 Å². The molecule has 0 aromatic rings. The number of methoxy groups -OCH3 is 1. The summed E-state index contributed by atoms with van der Waals surface area (Å²) < 4.78 is 5.07. The summed E-state index contributed by atoms with van der Waals surface area (Å²) in [5.41, 5.74) is 0. The van der Waals surface area contributed by atoms with Gasteiger partial charge in [0.1, 0.15) is 0 Å². The molecular formula is C14H30BrNO2. The van der Waals surface area contributed by atoms with Crippen molar-refractivity contribution in [1.82, 2.24) is 4.90 Å². The van der Waals surface area contributed by atoms with Gasteiger partial charge in [-0.1, -0.05) is 48.0 Å². The first-order chi connectivity index (χ1) is 8.85. The molecule has 0 aromatic carbocycles. The van der Waals surface area contributed by atoms with Crippen molar-refractivity contribution in [3.05, 3.63) is 0 Å². The summed E-state index contributed by atoms with van der Waals surface area (Å²) in [6.07, 6.45) is 9.29. The molecule has 0 saturated carbocycles. The zero-order valence-electron chi connectivity index (χ0n) is 11.9. The maximum atomic E-state index is 8.97. The van der Waals surface area contributed by atoms with Crippen LogP contribution in [-0.2, 0) is 4.74 Å². The summed E-state index contributed by atoms with van der Waals surface area (Å²) in [4.78, 5) is 2.29. The van der Waals surface area contributed by atoms with E-state index in [0.29, 0.717) is 0 Å². The minimum Gasteiger partial charge on any atom is -0.395 e. The smallest absolute Gasteiger partial charge is 0.0589 e. The van der Waals surface area contributed by atoms with E-state index in [9.17, 15) is 0 Å². The zero-order valence-corrected chi connectivity index (χ0v) is 13.5. The first kappa shape index (κ1) is 18.4. The molecule has 0 radical (unpaired) electrons. The lowest BCUT2D eigenvalue weighted by Crippen LogP contribution is -2.31. The van der Waals surface area contributed by atoms with Gasteiger partial charge in [0.25, 0.3) is 0 Å². The molecule has 3 nitrogen and oxygen atoms in total. The molecule has 0 aromatic heterocycles. The Morgan fingerprint density at radius 2 is 1.50 bits per heavy atom. The molecule has 0 bridgehead atoms. The van der Waals surface area contributed by atoms with Gasteiger partial charge in [0.2, 0.25) is 0 Å². The second-order valence-corrected chi connectivity index (χ2v) is 5.51. The van der Waals surface area contributed by atoms with Crippen LogP contribution < -0.4 is 0 Å². The van der Waals surface area contributed by atoms with E-state index in [1.54, 1.807) is 7.11 Å². The van der Waals surface area contributed by atoms with Crippen LogP contribution in [0.15, 0.2) is 0 Å². The fraction of sp³-hybridized carbons (Fsp3) is 1.00. The topological polar surface area (TPSA) is 32.7 Å². The van der Waals surface area contributed by atoms with Crippen molar-refractivity contribution in [2.75, 3.05) is 45.3 Å². The molecule has 0 aliphatic carbocycles. The number of rotatable bonds is 14. The number of nitrogens with zero attached hydrogens (tertiary/aromatic N) is 1. The summed E-state index contributed by atoms with van der Waals surface area (Å²) in [6.45, 7) is 3.80. The Hall–Kier alpha value is 0.360. The third-order valence-corrected chi connectivity index (χ3v) is 3.70. The van der Waals surface area contributed by atoms with Gasteiger partial charge in [0.05, 0.1) is 13.2 Å². The zero-order chi connectivity index (χ0) is 13.5. The summed E-state index contributed by atoms with van der Waals surface area (Å²) in [7, 11) is 1.73. The minimum atomic E-state index is 0.246. The number of alkyl halides is 1. The molecule has 0 heterocycles. The van der Waals surface area contributed by atoms with Crippen LogP contribution in [0.25, 0.3) is 0 Å². The SMILES string of the molecule is COCCN(CCO)CCCCCCCCCBr. The third-order valence-electron chi connectivity index (χ3n) is 3.14. The predicted molar refractivity (Wildman–Crippen MR) is 81.5 cm³/mol. The van der Waals surface area contributed by atoms with Crippen LogP contribution in [0.1, 0.15) is 44.9 Å². The van der Waals surface area contributed by atoms with Crippen molar-refractivity contribution in [3.8, 4) is 0 Å². The Bertz CT molecular complexity index is 159. The van der Waals surface area contributed by atoms with Crippen LogP contribution in [0, 0.1) is 0 Å². The van der Waals surface area contributed by atoms with Gasteiger partial charge in [-0.2, -0.15) is 0 Å². The summed E-state index contributed by atoms with van der Waals surface area (Å²) in [6, 6.07) is 0. The van der Waals surface area contributed by atoms with Crippen LogP contribution in [-0.4, -0.2) is 55.3 Å². The summed E-state index contributed by atoms with van der Waals surface area (Å²) >= 11 is 3.46. The molecular weight excluding hydrogens is 294 g/mol. The van der Waals surface area contributed by atoms with Crippen LogP contribution >= 0.6 is 15.9 Å². The largest absolute Gasteiger partial charge is 0.395 e. The molecule has 0 aliphatic heterocycles. The van der Waals surface area contributed by atoms with Gasteiger partial charge in [-0.3, -0.25) is 4.90 Å². The van der Waals surface area contributed by atoms with E-state index in [1.807, 2.05) is 0 Å². The van der Waals surface area contributed by atoms with Gasteiger partial charge in [0.15, 0.2) is 0 Å². The highest BCUT2D eigenvalue weighted by Gasteiger charge is 2.03. The highest BCUT2D eigenvalue weighted by atomic mass is 79.9. The van der Waals surface area contributed by atoms with Crippen LogP contribution in [0.3, 0.4) is 0 Å². The molecule has 0 saturated heterocycles. The minimum absolute atomic E-state index is 0.246. The van der Waals surface area contributed by atoms with E-state index >= 15 is 0 Å². The molecule has 110 valence electrons. The number of aliphatic hydroxyl groups is 1. The Labute approximate surface area is 121 Å². The Balaban J connectivity index is 3.31. The average molecular weight is 324 g/mol. The molecule has 0 unspecified atom stereocenters. The summed E-state index contributed by atoms with van der Waals surface area (Å²) in [5.74, 6) is 0. The lowest BCUT2D eigenvalue weighted by Gasteiger charge is -2.20. The Morgan fingerprint density at radius 3 is 2.06 bits per heavy atom. The van der Waals surface area contributed by atoms with Crippen molar-refractivity contribution < 1.29 is 9.84 Å². The van der Waals surface area contributed by atoms with Crippen LogP contribution in [0.5, 0.6) is 0 Å². The molecule has 0 aliphatic rings. The maximum absolute atomic E-state index is 8.97. The lowest BCUT2D eigenvalue weighted by molar-refractivity contribution is 0.129. The Morgan fingerprint density at radius 1 is 0.889 bits per heavy atom. The molecule has 0 spiro atoms. The van der Waals surface area contributed by atoms with E-state index in [2.05, 4.69) is 20.8 Å². The number of hydrogen-bond donors (Lipinski definition) is 1. The second-order valence-electron chi connectivity index (χ2n) is 4.72. The van der Waals surface area contributed by atoms with Gasteiger partial charge < -0.3 is 9.84 Å². The number of halogens is 1. The molecule has 18 heavy (non-hydrogen) atoms. The highest BCUT2D eigenvalue weighted by molar-refractivity contribution is 9.09. The fourth-order valence-corrected chi connectivity index (χ4v) is 2.41. The van der Waals surface area contributed by atoms with E-state index in [1.165, 1.54) is 44.9 Å². The summed E-state index contributed by atoms with van der Waals surface area (Å²) in [5, 5.41) is 10.1. The molecule has 1 N–H and O–H groups in total. The van der Waals surface area contributed by atoms with Gasteiger partial charge in [-0.15, -0.1) is 0 Å². The predicted octanol–water partition coefficient (Wildman–Crippen LogP) is 3.05. The van der Waals surface area contributed by atoms with Gasteiger partial charge in [-0.05, 0) is 19.4 Å². The van der Waals surface area contributed by atoms with Crippen molar-refractivity contribution in [2.45, 2.75) is 44.9 Å². The fourth-order valence-electron chi connectivity index (χ4n) is 2.01. The highest BCUT2D eigenvalue weighted by Crippen LogP contribution is 2.08. The first-order valence-electron chi connectivity index (χ1n) is 7.23. The molecule has 0 atom stereocenters. The quantitative estimate of drug-likeness (QED) is 0.394. The molecule has 0 amide bonds.